The van der Waals surface area contributed by atoms with Gasteiger partial charge in [0, 0.05) is 12.4 Å². The average Bonchev–Trinajstić information content (AvgIpc) is 3.38. The molecule has 190 valence electrons. The van der Waals surface area contributed by atoms with Crippen molar-refractivity contribution in [3.05, 3.63) is 77.5 Å². The highest BCUT2D eigenvalue weighted by atomic mass is 19.1. The van der Waals surface area contributed by atoms with Crippen molar-refractivity contribution < 1.29 is 13.5 Å². The molecule has 1 aliphatic carbocycles. The Balaban J connectivity index is 1.47. The fraction of sp³-hybridized carbons (Fsp3) is 0.393. The highest BCUT2D eigenvalue weighted by Gasteiger charge is 2.57. The lowest BCUT2D eigenvalue weighted by molar-refractivity contribution is -0.0286. The van der Waals surface area contributed by atoms with Gasteiger partial charge in [0.15, 0.2) is 5.82 Å². The molecule has 0 unspecified atom stereocenters. The molecule has 1 saturated heterocycles. The zero-order valence-corrected chi connectivity index (χ0v) is 21.2. The van der Waals surface area contributed by atoms with Crippen LogP contribution in [-0.4, -0.2) is 43.2 Å². The van der Waals surface area contributed by atoms with Gasteiger partial charge in [-0.05, 0) is 54.5 Å². The second-order valence-electron chi connectivity index (χ2n) is 10.6. The largest absolute Gasteiger partial charge is 0.377 e. The SMILES string of the molecule is CC[C@H]1c2cc(-c3c(F)cccc3F)nnc2[C@](C)(c2ccnc(-c3cnn(C4COC4)c3)n2)C1(C)C. The molecule has 0 saturated carbocycles. The fourth-order valence-electron chi connectivity index (χ4n) is 5.95. The second-order valence-corrected chi connectivity index (χ2v) is 10.6. The molecule has 4 aromatic rings. The van der Waals surface area contributed by atoms with Crippen LogP contribution in [0.3, 0.4) is 0 Å². The van der Waals surface area contributed by atoms with E-state index in [0.717, 1.165) is 28.9 Å². The van der Waals surface area contributed by atoms with E-state index in [1.165, 1.54) is 18.2 Å². The zero-order valence-electron chi connectivity index (χ0n) is 21.2. The minimum Gasteiger partial charge on any atom is -0.377 e. The first-order valence-corrected chi connectivity index (χ1v) is 12.5. The van der Waals surface area contributed by atoms with Crippen LogP contribution >= 0.6 is 0 Å². The number of ether oxygens (including phenoxy) is 1. The van der Waals surface area contributed by atoms with Crippen molar-refractivity contribution in [2.45, 2.75) is 51.5 Å². The Morgan fingerprint density at radius 1 is 1.08 bits per heavy atom. The summed E-state index contributed by atoms with van der Waals surface area (Å²) in [4.78, 5) is 9.53. The van der Waals surface area contributed by atoms with Crippen molar-refractivity contribution in [2.24, 2.45) is 5.41 Å². The molecule has 0 spiro atoms. The summed E-state index contributed by atoms with van der Waals surface area (Å²) in [6.45, 7) is 9.95. The van der Waals surface area contributed by atoms with Gasteiger partial charge in [0.1, 0.15) is 11.6 Å². The number of halogens is 2. The summed E-state index contributed by atoms with van der Waals surface area (Å²) in [5.74, 6) is -0.648. The van der Waals surface area contributed by atoms with Gasteiger partial charge in [-0.15, -0.1) is 5.10 Å². The van der Waals surface area contributed by atoms with Crippen LogP contribution in [0.25, 0.3) is 22.6 Å². The molecule has 3 aromatic heterocycles. The maximum absolute atomic E-state index is 14.6. The van der Waals surface area contributed by atoms with Gasteiger partial charge in [0.25, 0.3) is 0 Å². The molecule has 0 N–H and O–H groups in total. The van der Waals surface area contributed by atoms with Gasteiger partial charge < -0.3 is 4.74 Å². The summed E-state index contributed by atoms with van der Waals surface area (Å²) >= 11 is 0. The average molecular weight is 503 g/mol. The van der Waals surface area contributed by atoms with E-state index in [-0.39, 0.29) is 28.6 Å². The Morgan fingerprint density at radius 2 is 1.84 bits per heavy atom. The van der Waals surface area contributed by atoms with Crippen molar-refractivity contribution in [3.8, 4) is 22.6 Å². The Labute approximate surface area is 214 Å². The summed E-state index contributed by atoms with van der Waals surface area (Å²) in [6, 6.07) is 7.79. The maximum Gasteiger partial charge on any atom is 0.162 e. The molecule has 37 heavy (non-hydrogen) atoms. The van der Waals surface area contributed by atoms with E-state index in [0.29, 0.717) is 19.0 Å². The topological polar surface area (TPSA) is 78.6 Å². The van der Waals surface area contributed by atoms with E-state index in [1.807, 2.05) is 16.9 Å². The summed E-state index contributed by atoms with van der Waals surface area (Å²) in [7, 11) is 0. The maximum atomic E-state index is 14.6. The molecular weight excluding hydrogens is 474 g/mol. The molecule has 1 aliphatic heterocycles. The van der Waals surface area contributed by atoms with Crippen LogP contribution in [0.2, 0.25) is 0 Å². The van der Waals surface area contributed by atoms with Gasteiger partial charge in [0.05, 0.1) is 59.1 Å². The van der Waals surface area contributed by atoms with E-state index in [1.54, 1.807) is 18.5 Å². The standard InChI is InChI=1S/C28H28F2N6O/c1-5-19-18-11-22(24-20(29)7-6-8-21(24)30)34-35-25(18)28(4,27(19,2)3)23-9-10-31-26(33-23)16-12-32-36(13-16)17-14-37-15-17/h6-13,17,19H,5,14-15H2,1-4H3/t19-,28-/m0/s1. The second kappa shape index (κ2) is 8.48. The van der Waals surface area contributed by atoms with Crippen LogP contribution in [0, 0.1) is 17.0 Å². The molecule has 1 fully saturated rings. The predicted octanol–water partition coefficient (Wildman–Crippen LogP) is 5.49. The first-order valence-electron chi connectivity index (χ1n) is 12.5. The lowest BCUT2D eigenvalue weighted by Gasteiger charge is -2.41. The molecule has 0 bridgehead atoms. The number of nitrogens with zero attached hydrogens (tertiary/aromatic N) is 6. The van der Waals surface area contributed by atoms with Crippen LogP contribution in [0.4, 0.5) is 8.78 Å². The third-order valence-corrected chi connectivity index (χ3v) is 8.48. The first kappa shape index (κ1) is 23.8. The van der Waals surface area contributed by atoms with Gasteiger partial charge in [-0.25, -0.2) is 18.7 Å². The smallest absolute Gasteiger partial charge is 0.162 e. The molecule has 1 aromatic carbocycles. The molecular formula is C28H28F2N6O. The number of benzene rings is 1. The zero-order chi connectivity index (χ0) is 25.9. The van der Waals surface area contributed by atoms with Gasteiger partial charge in [-0.1, -0.05) is 26.8 Å². The normalized spacial score (nSPS) is 22.6. The van der Waals surface area contributed by atoms with Crippen LogP contribution < -0.4 is 0 Å². The van der Waals surface area contributed by atoms with Crippen molar-refractivity contribution in [3.63, 3.8) is 0 Å². The van der Waals surface area contributed by atoms with Crippen molar-refractivity contribution in [2.75, 3.05) is 13.2 Å². The van der Waals surface area contributed by atoms with Gasteiger partial charge >= 0.3 is 0 Å². The number of aromatic nitrogens is 6. The summed E-state index contributed by atoms with van der Waals surface area (Å²) < 4.78 is 36.3. The number of fused-ring (bicyclic) bond motifs is 1. The van der Waals surface area contributed by atoms with E-state index in [2.05, 4.69) is 48.0 Å². The Hall–Kier alpha value is -3.59. The van der Waals surface area contributed by atoms with E-state index >= 15 is 0 Å². The van der Waals surface area contributed by atoms with Gasteiger partial charge in [-0.3, -0.25) is 4.68 Å². The van der Waals surface area contributed by atoms with E-state index in [9.17, 15) is 8.78 Å². The first-order chi connectivity index (χ1) is 17.8. The quantitative estimate of drug-likeness (QED) is 0.359. The van der Waals surface area contributed by atoms with Crippen LogP contribution in [-0.2, 0) is 10.2 Å². The van der Waals surface area contributed by atoms with Crippen molar-refractivity contribution >= 4 is 0 Å². The third-order valence-electron chi connectivity index (χ3n) is 8.48. The Kier molecular flexibility index (Phi) is 5.45. The number of hydrogen-bond donors (Lipinski definition) is 0. The minimum atomic E-state index is -0.656. The van der Waals surface area contributed by atoms with Crippen molar-refractivity contribution in [1.29, 1.82) is 0 Å². The van der Waals surface area contributed by atoms with E-state index in [4.69, 9.17) is 9.72 Å². The Morgan fingerprint density at radius 3 is 2.51 bits per heavy atom. The molecule has 0 radical (unpaired) electrons. The predicted molar refractivity (Wildman–Crippen MR) is 134 cm³/mol. The van der Waals surface area contributed by atoms with E-state index < -0.39 is 17.0 Å². The Bertz CT molecular complexity index is 1480. The highest BCUT2D eigenvalue weighted by molar-refractivity contribution is 5.63. The molecule has 2 aliphatic rings. The molecule has 4 heterocycles. The summed E-state index contributed by atoms with van der Waals surface area (Å²) in [5, 5.41) is 13.4. The molecule has 7 nitrogen and oxygen atoms in total. The monoisotopic (exact) mass is 502 g/mol. The lowest BCUT2D eigenvalue weighted by Crippen LogP contribution is -2.40. The van der Waals surface area contributed by atoms with Crippen LogP contribution in [0.5, 0.6) is 0 Å². The van der Waals surface area contributed by atoms with Crippen LogP contribution in [0.1, 0.15) is 63.0 Å². The summed E-state index contributed by atoms with van der Waals surface area (Å²) in [5.41, 5.74) is 2.48. The molecule has 9 heteroatoms. The number of hydrogen-bond acceptors (Lipinski definition) is 6. The lowest BCUT2D eigenvalue weighted by atomic mass is 9.62. The van der Waals surface area contributed by atoms with Crippen molar-refractivity contribution in [1.82, 2.24) is 29.9 Å². The minimum absolute atomic E-state index is 0.0800. The molecule has 2 atom stereocenters. The highest BCUT2D eigenvalue weighted by Crippen LogP contribution is 2.61. The fourth-order valence-corrected chi connectivity index (χ4v) is 5.95. The van der Waals surface area contributed by atoms with Gasteiger partial charge in [0.2, 0.25) is 0 Å². The third kappa shape index (κ3) is 3.43. The van der Waals surface area contributed by atoms with Crippen LogP contribution in [0.15, 0.2) is 48.9 Å². The summed E-state index contributed by atoms with van der Waals surface area (Å²) in [6.07, 6.45) is 6.32. The van der Waals surface area contributed by atoms with Gasteiger partial charge in [-0.2, -0.15) is 10.2 Å². The number of rotatable bonds is 5. The molecule has 0 amide bonds. The molecule has 6 rings (SSSR count).